The lowest BCUT2D eigenvalue weighted by molar-refractivity contribution is -0.122. The first-order valence-corrected chi connectivity index (χ1v) is 10.8. The van der Waals surface area contributed by atoms with Crippen molar-refractivity contribution in [1.29, 1.82) is 0 Å². The van der Waals surface area contributed by atoms with Crippen LogP contribution in [0.3, 0.4) is 0 Å². The molecule has 1 saturated heterocycles. The number of nitrogens with zero attached hydrogens (tertiary/aromatic N) is 2. The summed E-state index contributed by atoms with van der Waals surface area (Å²) in [6.45, 7) is -0.0706. The Morgan fingerprint density at radius 2 is 2.09 bits per heavy atom. The molecule has 1 aliphatic heterocycles. The van der Waals surface area contributed by atoms with Crippen LogP contribution in [0.4, 0.5) is 4.79 Å². The van der Waals surface area contributed by atoms with Crippen molar-refractivity contribution in [3.8, 4) is 34.0 Å². The van der Waals surface area contributed by atoms with Crippen LogP contribution >= 0.6 is 11.3 Å². The summed E-state index contributed by atoms with van der Waals surface area (Å²) in [6, 6.07) is 14.1. The summed E-state index contributed by atoms with van der Waals surface area (Å²) in [5, 5.41) is 17.0. The van der Waals surface area contributed by atoms with Crippen molar-refractivity contribution in [3.63, 3.8) is 0 Å². The number of thiophene rings is 1. The standard InChI is InChI=1S/C24H18N4O4S/c1-32-16-6-5-15-13-28(21(29)18(15)12-16)14-24(22(30)26-23(31)27-24)10-9-17-7-8-20(33-17)19-4-2-3-11-25-19/h2-8,11-13,29H,14H2,1H3,(H2,26,27,30,31)/t24-/m1/s1. The number of ether oxygens (including phenoxy) is 1. The normalized spacial score (nSPS) is 17.4. The summed E-state index contributed by atoms with van der Waals surface area (Å²) < 4.78 is 6.72. The number of carbonyl (C=O) groups excluding carboxylic acids is 2. The highest BCUT2D eigenvalue weighted by Gasteiger charge is 2.46. The molecular formula is C24H18N4O4S. The number of nitrogens with one attached hydrogen (secondary N) is 2. The Morgan fingerprint density at radius 1 is 1.21 bits per heavy atom. The summed E-state index contributed by atoms with van der Waals surface area (Å²) in [5.41, 5.74) is -0.709. The average molecular weight is 458 g/mol. The van der Waals surface area contributed by atoms with E-state index < -0.39 is 17.5 Å². The van der Waals surface area contributed by atoms with Crippen LogP contribution in [0, 0.1) is 11.8 Å². The fourth-order valence-electron chi connectivity index (χ4n) is 3.68. The number of carbonyl (C=O) groups is 2. The molecular weight excluding hydrogens is 440 g/mol. The molecule has 5 rings (SSSR count). The summed E-state index contributed by atoms with van der Waals surface area (Å²) in [6.07, 6.45) is 3.42. The van der Waals surface area contributed by atoms with Crippen LogP contribution < -0.4 is 15.4 Å². The minimum atomic E-state index is -1.54. The van der Waals surface area contributed by atoms with Crippen molar-refractivity contribution in [1.82, 2.24) is 20.2 Å². The van der Waals surface area contributed by atoms with Crippen molar-refractivity contribution in [2.75, 3.05) is 7.11 Å². The number of fused-ring (bicyclic) bond motifs is 1. The van der Waals surface area contributed by atoms with Gasteiger partial charge in [-0.2, -0.15) is 0 Å². The monoisotopic (exact) mass is 458 g/mol. The molecule has 4 aromatic rings. The Balaban J connectivity index is 1.50. The maximum absolute atomic E-state index is 12.8. The highest BCUT2D eigenvalue weighted by molar-refractivity contribution is 7.16. The topological polar surface area (TPSA) is 105 Å². The second kappa shape index (κ2) is 8.00. The zero-order valence-electron chi connectivity index (χ0n) is 17.5. The summed E-state index contributed by atoms with van der Waals surface area (Å²) in [7, 11) is 1.54. The van der Waals surface area contributed by atoms with E-state index in [1.54, 1.807) is 37.7 Å². The predicted octanol–water partition coefficient (Wildman–Crippen LogP) is 3.11. The van der Waals surface area contributed by atoms with E-state index in [1.165, 1.54) is 15.9 Å². The lowest BCUT2D eigenvalue weighted by Gasteiger charge is -2.20. The molecule has 3 aromatic heterocycles. The quantitative estimate of drug-likeness (QED) is 0.322. The number of methoxy groups -OCH3 is 1. The van der Waals surface area contributed by atoms with E-state index in [0.29, 0.717) is 11.1 Å². The van der Waals surface area contributed by atoms with Crippen molar-refractivity contribution in [3.05, 3.63) is 65.8 Å². The number of imide groups is 1. The third-order valence-electron chi connectivity index (χ3n) is 5.34. The van der Waals surface area contributed by atoms with Gasteiger partial charge in [-0.3, -0.25) is 15.1 Å². The summed E-state index contributed by atoms with van der Waals surface area (Å²) in [5.74, 6) is 5.92. The van der Waals surface area contributed by atoms with Crippen LogP contribution in [0.1, 0.15) is 4.88 Å². The predicted molar refractivity (Wildman–Crippen MR) is 124 cm³/mol. The average Bonchev–Trinajstić information content (AvgIpc) is 3.50. The number of aromatic nitrogens is 2. The lowest BCUT2D eigenvalue weighted by atomic mass is 10.0. The summed E-state index contributed by atoms with van der Waals surface area (Å²) in [4.78, 5) is 30.8. The highest BCUT2D eigenvalue weighted by Crippen LogP contribution is 2.32. The number of hydrogen-bond acceptors (Lipinski definition) is 6. The van der Waals surface area contributed by atoms with Crippen molar-refractivity contribution >= 4 is 34.0 Å². The number of amides is 3. The van der Waals surface area contributed by atoms with E-state index in [4.69, 9.17) is 4.74 Å². The smallest absolute Gasteiger partial charge is 0.323 e. The van der Waals surface area contributed by atoms with Gasteiger partial charge in [0.05, 0.1) is 29.1 Å². The van der Waals surface area contributed by atoms with Gasteiger partial charge in [-0.1, -0.05) is 17.9 Å². The van der Waals surface area contributed by atoms with E-state index in [9.17, 15) is 14.7 Å². The van der Waals surface area contributed by atoms with Crippen LogP contribution in [-0.2, 0) is 11.3 Å². The summed E-state index contributed by atoms with van der Waals surface area (Å²) >= 11 is 1.44. The van der Waals surface area contributed by atoms with Crippen molar-refractivity contribution in [2.45, 2.75) is 12.1 Å². The van der Waals surface area contributed by atoms with Crippen LogP contribution in [-0.4, -0.2) is 39.2 Å². The van der Waals surface area contributed by atoms with Gasteiger partial charge in [0, 0.05) is 23.2 Å². The zero-order valence-corrected chi connectivity index (χ0v) is 18.3. The molecule has 1 fully saturated rings. The van der Waals surface area contributed by atoms with E-state index in [0.717, 1.165) is 20.8 Å². The molecule has 1 aromatic carbocycles. The first-order valence-electron chi connectivity index (χ1n) is 10.0. The van der Waals surface area contributed by atoms with Crippen LogP contribution in [0.15, 0.2) is 60.9 Å². The largest absolute Gasteiger partial charge is 0.497 e. The SMILES string of the molecule is COc1ccc2cn(C[C@@]3(C#Cc4ccc(-c5ccccn5)s4)NC(=O)NC3=O)c(O)c2c1. The number of pyridine rings is 1. The molecule has 1 aliphatic rings. The zero-order chi connectivity index (χ0) is 23.0. The lowest BCUT2D eigenvalue weighted by Crippen LogP contribution is -2.49. The molecule has 0 radical (unpaired) electrons. The van der Waals surface area contributed by atoms with Crippen LogP contribution in [0.5, 0.6) is 11.6 Å². The Kier molecular flexibility index (Phi) is 4.99. The molecule has 164 valence electrons. The van der Waals surface area contributed by atoms with Gasteiger partial charge in [-0.15, -0.1) is 11.3 Å². The molecule has 1 atom stereocenters. The molecule has 0 spiro atoms. The Labute approximate surface area is 192 Å². The first-order chi connectivity index (χ1) is 16.0. The minimum Gasteiger partial charge on any atom is -0.497 e. The number of aromatic hydroxyl groups is 1. The van der Waals surface area contributed by atoms with Gasteiger partial charge in [0.1, 0.15) is 5.75 Å². The molecule has 4 heterocycles. The fraction of sp³-hybridized carbons (Fsp3) is 0.125. The number of hydrogen-bond donors (Lipinski definition) is 3. The molecule has 33 heavy (non-hydrogen) atoms. The molecule has 8 nitrogen and oxygen atoms in total. The number of urea groups is 1. The van der Waals surface area contributed by atoms with E-state index in [-0.39, 0.29) is 12.4 Å². The first kappa shape index (κ1) is 20.6. The Bertz CT molecular complexity index is 1450. The van der Waals surface area contributed by atoms with Gasteiger partial charge >= 0.3 is 6.03 Å². The van der Waals surface area contributed by atoms with E-state index in [2.05, 4.69) is 27.5 Å². The fourth-order valence-corrected chi connectivity index (χ4v) is 4.51. The van der Waals surface area contributed by atoms with E-state index in [1.807, 2.05) is 30.3 Å². The molecule has 0 aliphatic carbocycles. The van der Waals surface area contributed by atoms with Gasteiger partial charge in [-0.25, -0.2) is 4.79 Å². The van der Waals surface area contributed by atoms with Crippen molar-refractivity contribution in [2.24, 2.45) is 0 Å². The van der Waals surface area contributed by atoms with E-state index >= 15 is 0 Å². The van der Waals surface area contributed by atoms with Gasteiger partial charge in [-0.05, 0) is 42.5 Å². The van der Waals surface area contributed by atoms with Crippen molar-refractivity contribution < 1.29 is 19.4 Å². The van der Waals surface area contributed by atoms with Gasteiger partial charge in [0.25, 0.3) is 5.91 Å². The third kappa shape index (κ3) is 3.77. The molecule has 0 bridgehead atoms. The minimum absolute atomic E-state index is 0.0485. The molecule has 3 N–H and O–H groups in total. The van der Waals surface area contributed by atoms with Crippen LogP contribution in [0.2, 0.25) is 0 Å². The second-order valence-electron chi connectivity index (χ2n) is 7.48. The third-order valence-corrected chi connectivity index (χ3v) is 6.36. The number of benzene rings is 1. The maximum Gasteiger partial charge on any atom is 0.323 e. The second-order valence-corrected chi connectivity index (χ2v) is 8.56. The molecule has 3 amide bonds. The van der Waals surface area contributed by atoms with Crippen LogP contribution in [0.25, 0.3) is 21.3 Å². The molecule has 9 heteroatoms. The molecule has 0 saturated carbocycles. The number of rotatable bonds is 4. The highest BCUT2D eigenvalue weighted by atomic mass is 32.1. The van der Waals surface area contributed by atoms with Gasteiger partial charge < -0.3 is 19.7 Å². The molecule has 0 unspecified atom stereocenters. The Hall–Kier alpha value is -4.29. The van der Waals surface area contributed by atoms with Gasteiger partial charge in [0.15, 0.2) is 5.88 Å². The van der Waals surface area contributed by atoms with Gasteiger partial charge in [0.2, 0.25) is 5.54 Å². The Morgan fingerprint density at radius 3 is 2.82 bits per heavy atom. The maximum atomic E-state index is 12.8.